The number of Topliss-reactive ketones (excluding diaryl/α,β-unsaturated/α-hetero) is 1. The molecule has 1 aromatic rings. The molecule has 0 spiro atoms. The molecule has 2 N–H and O–H groups in total. The highest BCUT2D eigenvalue weighted by molar-refractivity contribution is 7.09. The highest BCUT2D eigenvalue weighted by Gasteiger charge is 2.41. The number of ketones is 1. The minimum absolute atomic E-state index is 0.0645. The van der Waals surface area contributed by atoms with Crippen molar-refractivity contribution < 1.29 is 24.5 Å². The van der Waals surface area contributed by atoms with Gasteiger partial charge in [0.25, 0.3) is 0 Å². The van der Waals surface area contributed by atoms with Crippen molar-refractivity contribution in [1.82, 2.24) is 4.98 Å². The number of aldehydes is 1. The number of aliphatic hydroxyl groups is 2. The first kappa shape index (κ1) is 37.4. The number of aliphatic hydroxyl groups excluding tert-OH is 2. The van der Waals surface area contributed by atoms with Gasteiger partial charge in [-0.25, -0.2) is 4.98 Å². The van der Waals surface area contributed by atoms with Crippen LogP contribution in [0.4, 0.5) is 0 Å². The van der Waals surface area contributed by atoms with Gasteiger partial charge in [-0.2, -0.15) is 0 Å². The number of aryl methyl sites for hydroxylation is 1. The topological polar surface area (TPSA) is 96.7 Å². The number of hydrogen-bond donors (Lipinski definition) is 2. The number of allylic oxidation sites excluding steroid dienone is 1. The van der Waals surface area contributed by atoms with E-state index in [0.29, 0.717) is 6.29 Å². The van der Waals surface area contributed by atoms with Crippen LogP contribution in [0.2, 0.25) is 0 Å². The van der Waals surface area contributed by atoms with E-state index in [-0.39, 0.29) is 18.1 Å². The van der Waals surface area contributed by atoms with Gasteiger partial charge in [-0.3, -0.25) is 4.79 Å². The summed E-state index contributed by atoms with van der Waals surface area (Å²) in [5.41, 5.74) is 2.02. The lowest BCUT2D eigenvalue weighted by atomic mass is 9.73. The number of carbonyl (C=O) groups excluding carboxylic acids is 2. The number of rotatable bonds is 21. The normalized spacial score (nSPS) is 17.5. The van der Waals surface area contributed by atoms with Crippen LogP contribution in [-0.2, 0) is 14.3 Å². The van der Waals surface area contributed by atoms with Crippen LogP contribution >= 0.6 is 11.3 Å². The second kappa shape index (κ2) is 18.1. The number of nitrogens with zero attached hydrogens (tertiary/aromatic N) is 1. The molecule has 234 valence electrons. The number of aromatic nitrogens is 1. The third-order valence-electron chi connectivity index (χ3n) is 8.87. The summed E-state index contributed by atoms with van der Waals surface area (Å²) in [5.74, 6) is -0.896. The molecule has 0 saturated carbocycles. The highest BCUT2D eigenvalue weighted by atomic mass is 32.1. The minimum Gasteiger partial charge on any atom is -0.392 e. The van der Waals surface area contributed by atoms with Crippen LogP contribution in [0.25, 0.3) is 6.08 Å². The van der Waals surface area contributed by atoms with Crippen LogP contribution < -0.4 is 0 Å². The molecule has 1 rings (SSSR count). The van der Waals surface area contributed by atoms with E-state index in [9.17, 15) is 19.8 Å². The number of methoxy groups -OCH3 is 1. The summed E-state index contributed by atoms with van der Waals surface area (Å²) in [6.45, 7) is 15.5. The van der Waals surface area contributed by atoms with E-state index in [1.54, 1.807) is 39.2 Å². The maximum absolute atomic E-state index is 13.1. The molecular formula is C34H57NO5S. The summed E-state index contributed by atoms with van der Waals surface area (Å²) < 4.78 is 6.02. The molecule has 0 aliphatic heterocycles. The fourth-order valence-corrected chi connectivity index (χ4v) is 5.85. The van der Waals surface area contributed by atoms with E-state index < -0.39 is 29.1 Å². The quantitative estimate of drug-likeness (QED) is 0.0857. The first-order valence-corrected chi connectivity index (χ1v) is 16.3. The maximum Gasteiger partial charge on any atom is 0.146 e. The molecule has 0 saturated heterocycles. The molecule has 7 heteroatoms. The zero-order chi connectivity index (χ0) is 31.2. The predicted molar refractivity (Wildman–Crippen MR) is 171 cm³/mol. The molecule has 0 unspecified atom stereocenters. The van der Waals surface area contributed by atoms with E-state index in [0.717, 1.165) is 54.8 Å². The van der Waals surface area contributed by atoms with Gasteiger partial charge >= 0.3 is 0 Å². The van der Waals surface area contributed by atoms with Crippen LogP contribution in [0.1, 0.15) is 123 Å². The van der Waals surface area contributed by atoms with Crippen molar-refractivity contribution in [3.05, 3.63) is 33.3 Å². The number of carbonyl (C=O) groups is 2. The lowest BCUT2D eigenvalue weighted by molar-refractivity contribution is -0.142. The fraction of sp³-hybridized carbons (Fsp3) is 0.735. The van der Waals surface area contributed by atoms with Crippen LogP contribution in [-0.4, -0.2) is 52.2 Å². The zero-order valence-corrected chi connectivity index (χ0v) is 28.0. The van der Waals surface area contributed by atoms with Gasteiger partial charge < -0.3 is 19.7 Å². The van der Waals surface area contributed by atoms with E-state index >= 15 is 0 Å². The SMILES string of the molecule is CCCCCC/C(=C/C[C@@](C)(OC)/C(C)=C/c1csc(C)n1)CCC[C@H](C)[C@H](O)[C@@H](C)C(=O)C(C)(C)[C@@H](O)CC=O. The summed E-state index contributed by atoms with van der Waals surface area (Å²) in [4.78, 5) is 28.5. The molecule has 0 aromatic carbocycles. The second-order valence-electron chi connectivity index (χ2n) is 12.6. The summed E-state index contributed by atoms with van der Waals surface area (Å²) in [7, 11) is 1.77. The van der Waals surface area contributed by atoms with E-state index in [1.807, 2.05) is 13.8 Å². The van der Waals surface area contributed by atoms with Gasteiger partial charge in [0.15, 0.2) is 0 Å². The Labute approximate surface area is 253 Å². The monoisotopic (exact) mass is 591 g/mol. The standard InChI is InChI=1S/C34H57NO5S/c1-10-11-12-13-16-28(18-20-34(8,40-9)25(3)22-29-23-41-27(5)35-29)17-14-15-24(2)31(38)26(4)32(39)33(6,7)30(37)19-21-36/h18,21-24,26,30-31,37-38H,10-17,19-20H2,1-9H3/b25-22+,28-18-/t24-,26+,30-,31-,34+/m0/s1. The second-order valence-corrected chi connectivity index (χ2v) is 13.6. The molecule has 0 amide bonds. The Morgan fingerprint density at radius 3 is 2.34 bits per heavy atom. The Morgan fingerprint density at radius 1 is 1.12 bits per heavy atom. The first-order valence-electron chi connectivity index (χ1n) is 15.4. The molecule has 0 fully saturated rings. The Balaban J connectivity index is 2.89. The average Bonchev–Trinajstić information content (AvgIpc) is 3.35. The zero-order valence-electron chi connectivity index (χ0n) is 27.2. The lowest BCUT2D eigenvalue weighted by Crippen LogP contribution is -2.44. The molecule has 5 atom stereocenters. The molecule has 0 radical (unpaired) electrons. The Bertz CT molecular complexity index is 997. The summed E-state index contributed by atoms with van der Waals surface area (Å²) in [6, 6.07) is 0. The Kier molecular flexibility index (Phi) is 16.5. The van der Waals surface area contributed by atoms with E-state index in [1.165, 1.54) is 24.8 Å². The van der Waals surface area contributed by atoms with Crippen LogP contribution in [0.3, 0.4) is 0 Å². The Morgan fingerprint density at radius 2 is 1.78 bits per heavy atom. The molecular weight excluding hydrogens is 534 g/mol. The van der Waals surface area contributed by atoms with Crippen LogP contribution in [0, 0.1) is 24.2 Å². The fourth-order valence-electron chi connectivity index (χ4n) is 5.28. The van der Waals surface area contributed by atoms with Crippen LogP contribution in [0.5, 0.6) is 0 Å². The van der Waals surface area contributed by atoms with Gasteiger partial charge in [0.1, 0.15) is 12.1 Å². The van der Waals surface area contributed by atoms with Crippen molar-refractivity contribution in [2.24, 2.45) is 17.3 Å². The average molecular weight is 592 g/mol. The molecule has 41 heavy (non-hydrogen) atoms. The van der Waals surface area contributed by atoms with Crippen molar-refractivity contribution in [2.45, 2.75) is 137 Å². The molecule has 0 bridgehead atoms. The lowest BCUT2D eigenvalue weighted by Gasteiger charge is -2.34. The molecule has 1 heterocycles. The number of hydrogen-bond acceptors (Lipinski definition) is 7. The van der Waals surface area contributed by atoms with Crippen molar-refractivity contribution in [2.75, 3.05) is 7.11 Å². The van der Waals surface area contributed by atoms with Gasteiger partial charge in [-0.15, -0.1) is 11.3 Å². The largest absolute Gasteiger partial charge is 0.392 e. The van der Waals surface area contributed by atoms with Gasteiger partial charge in [0.05, 0.1) is 33.9 Å². The summed E-state index contributed by atoms with van der Waals surface area (Å²) in [5, 5.41) is 24.4. The first-order chi connectivity index (χ1) is 19.2. The number of thiazole rings is 1. The third kappa shape index (κ3) is 11.9. The van der Waals surface area contributed by atoms with Gasteiger partial charge in [-0.05, 0) is 76.9 Å². The number of ether oxygens (including phenoxy) is 1. The van der Waals surface area contributed by atoms with Gasteiger partial charge in [-0.1, -0.05) is 65.5 Å². The maximum atomic E-state index is 13.1. The summed E-state index contributed by atoms with van der Waals surface area (Å²) >= 11 is 1.65. The van der Waals surface area contributed by atoms with Crippen molar-refractivity contribution in [3.63, 3.8) is 0 Å². The van der Waals surface area contributed by atoms with Gasteiger partial charge in [0, 0.05) is 24.8 Å². The van der Waals surface area contributed by atoms with Crippen molar-refractivity contribution in [1.29, 1.82) is 0 Å². The van der Waals surface area contributed by atoms with Crippen LogP contribution in [0.15, 0.2) is 22.6 Å². The number of unbranched alkanes of at least 4 members (excludes halogenated alkanes) is 3. The Hall–Kier alpha value is -1.67. The predicted octanol–water partition coefficient (Wildman–Crippen LogP) is 7.90. The third-order valence-corrected chi connectivity index (χ3v) is 9.66. The van der Waals surface area contributed by atoms with Gasteiger partial charge in [0.2, 0.25) is 0 Å². The highest BCUT2D eigenvalue weighted by Crippen LogP contribution is 2.32. The van der Waals surface area contributed by atoms with Crippen molar-refractivity contribution >= 4 is 29.5 Å². The van der Waals surface area contributed by atoms with E-state index in [4.69, 9.17) is 4.74 Å². The minimum atomic E-state index is -1.09. The molecule has 0 aliphatic carbocycles. The summed E-state index contributed by atoms with van der Waals surface area (Å²) in [6.07, 6.45) is 12.5. The molecule has 1 aromatic heterocycles. The van der Waals surface area contributed by atoms with E-state index in [2.05, 4.69) is 43.3 Å². The van der Waals surface area contributed by atoms with Crippen molar-refractivity contribution in [3.8, 4) is 0 Å². The molecule has 6 nitrogen and oxygen atoms in total. The molecule has 0 aliphatic rings. The smallest absolute Gasteiger partial charge is 0.146 e.